The van der Waals surface area contributed by atoms with E-state index in [0.717, 1.165) is 43.9 Å². The molecule has 3 nitrogen and oxygen atoms in total. The summed E-state index contributed by atoms with van der Waals surface area (Å²) in [5.74, 6) is -0.138. The van der Waals surface area contributed by atoms with Gasteiger partial charge < -0.3 is 4.42 Å². The Morgan fingerprint density at radius 1 is 1.07 bits per heavy atom. The van der Waals surface area contributed by atoms with Crippen LogP contribution in [0, 0.1) is 12.8 Å². The van der Waals surface area contributed by atoms with E-state index in [9.17, 15) is 0 Å². The van der Waals surface area contributed by atoms with Crippen LogP contribution in [0.25, 0.3) is 44.1 Å². The Kier molecular flexibility index (Phi) is 3.62. The van der Waals surface area contributed by atoms with Crippen molar-refractivity contribution in [3.63, 3.8) is 0 Å². The molecule has 144 valence electrons. The minimum Gasteiger partial charge on any atom is -0.437 e. The highest BCUT2D eigenvalue weighted by Gasteiger charge is 2.24. The molecule has 0 aliphatic carbocycles. The van der Waals surface area contributed by atoms with Crippen LogP contribution in [0.2, 0.25) is 0 Å². The molecule has 0 bridgehead atoms. The predicted molar refractivity (Wildman–Crippen MR) is 119 cm³/mol. The summed E-state index contributed by atoms with van der Waals surface area (Å²) in [7, 11) is 1.99. The third-order valence-corrected chi connectivity index (χ3v) is 5.53. The molecular formula is C26H25N2O+. The van der Waals surface area contributed by atoms with Gasteiger partial charge in [-0.2, -0.15) is 0 Å². The van der Waals surface area contributed by atoms with Crippen molar-refractivity contribution in [3.05, 3.63) is 72.1 Å². The van der Waals surface area contributed by atoms with Crippen LogP contribution in [0.4, 0.5) is 0 Å². The molecule has 0 saturated carbocycles. The van der Waals surface area contributed by atoms with Gasteiger partial charge in [0.25, 0.3) is 0 Å². The quantitative estimate of drug-likeness (QED) is 0.351. The number of furan rings is 1. The van der Waals surface area contributed by atoms with E-state index in [1.165, 1.54) is 0 Å². The first kappa shape index (κ1) is 15.7. The lowest BCUT2D eigenvalue weighted by Gasteiger charge is -2.12. The number of nitrogens with zero attached hydrogens (tertiary/aromatic N) is 2. The van der Waals surface area contributed by atoms with Crippen molar-refractivity contribution in [2.45, 2.75) is 27.1 Å². The molecule has 0 atom stereocenters. The third-order valence-electron chi connectivity index (χ3n) is 5.53. The SMILES string of the molecule is [2H]C([2H])(c1cc[n+](C)c(-c2c(C)c3ccccc3c3c2oc2ncccc23)c1)C(C)C. The molecule has 0 aliphatic heterocycles. The lowest BCUT2D eigenvalue weighted by atomic mass is 9.92. The molecule has 0 aliphatic rings. The van der Waals surface area contributed by atoms with E-state index in [0.29, 0.717) is 11.3 Å². The Hall–Kier alpha value is -3.20. The third kappa shape index (κ3) is 2.80. The largest absolute Gasteiger partial charge is 0.437 e. The minimum absolute atomic E-state index is 0.138. The highest BCUT2D eigenvalue weighted by molar-refractivity contribution is 6.22. The van der Waals surface area contributed by atoms with Crippen molar-refractivity contribution in [1.29, 1.82) is 0 Å². The summed E-state index contributed by atoms with van der Waals surface area (Å²) in [5, 5.41) is 4.35. The zero-order valence-corrected chi connectivity index (χ0v) is 17.2. The van der Waals surface area contributed by atoms with Crippen molar-refractivity contribution in [3.8, 4) is 11.3 Å². The molecule has 2 aromatic carbocycles. The molecule has 0 amide bonds. The predicted octanol–water partition coefficient (Wildman–Crippen LogP) is 6.13. The average Bonchev–Trinajstić information content (AvgIpc) is 3.14. The van der Waals surface area contributed by atoms with Crippen LogP contribution in [-0.4, -0.2) is 4.98 Å². The second kappa shape index (κ2) is 6.70. The zero-order chi connectivity index (χ0) is 21.9. The van der Waals surface area contributed by atoms with Crippen molar-refractivity contribution >= 4 is 32.8 Å². The van der Waals surface area contributed by atoms with E-state index in [1.54, 1.807) is 6.20 Å². The molecule has 0 unspecified atom stereocenters. The molecule has 5 aromatic rings. The molecule has 3 heterocycles. The lowest BCUT2D eigenvalue weighted by molar-refractivity contribution is -0.660. The molecule has 0 radical (unpaired) electrons. The first-order chi connectivity index (χ1) is 14.8. The second-order valence-corrected chi connectivity index (χ2v) is 7.92. The fraction of sp³-hybridized carbons (Fsp3) is 0.231. The number of aromatic nitrogens is 2. The van der Waals surface area contributed by atoms with Gasteiger partial charge in [-0.05, 0) is 53.2 Å². The van der Waals surface area contributed by atoms with Crippen molar-refractivity contribution in [1.82, 2.24) is 4.98 Å². The van der Waals surface area contributed by atoms with Crippen molar-refractivity contribution in [2.24, 2.45) is 13.0 Å². The molecule has 0 spiro atoms. The fourth-order valence-electron chi connectivity index (χ4n) is 4.26. The van der Waals surface area contributed by atoms with Gasteiger partial charge in [0.1, 0.15) is 7.05 Å². The van der Waals surface area contributed by atoms with Crippen molar-refractivity contribution < 1.29 is 11.7 Å². The van der Waals surface area contributed by atoms with Gasteiger partial charge in [-0.3, -0.25) is 0 Å². The summed E-state index contributed by atoms with van der Waals surface area (Å²) in [4.78, 5) is 4.46. The summed E-state index contributed by atoms with van der Waals surface area (Å²) >= 11 is 0. The van der Waals surface area contributed by atoms with Gasteiger partial charge in [0.05, 0.1) is 5.56 Å². The first-order valence-electron chi connectivity index (χ1n) is 11.0. The van der Waals surface area contributed by atoms with E-state index in [-0.39, 0.29) is 5.92 Å². The number of pyridine rings is 2. The Labute approximate surface area is 173 Å². The summed E-state index contributed by atoms with van der Waals surface area (Å²) in [6.07, 6.45) is 2.26. The maximum Gasteiger partial charge on any atom is 0.227 e. The fourth-order valence-corrected chi connectivity index (χ4v) is 4.26. The van der Waals surface area contributed by atoms with Gasteiger partial charge in [0.2, 0.25) is 11.4 Å². The lowest BCUT2D eigenvalue weighted by Crippen LogP contribution is -2.31. The Bertz CT molecular complexity index is 1470. The Morgan fingerprint density at radius 3 is 2.62 bits per heavy atom. The summed E-state index contributed by atoms with van der Waals surface area (Å²) in [6, 6.07) is 16.2. The van der Waals surface area contributed by atoms with Gasteiger partial charge >= 0.3 is 0 Å². The molecule has 5 rings (SSSR count). The maximum atomic E-state index is 8.61. The van der Waals surface area contributed by atoms with Gasteiger partial charge in [-0.25, -0.2) is 9.55 Å². The Balaban J connectivity index is 1.95. The van der Waals surface area contributed by atoms with E-state index in [1.807, 2.05) is 62.0 Å². The molecule has 3 aromatic heterocycles. The highest BCUT2D eigenvalue weighted by atomic mass is 16.3. The van der Waals surface area contributed by atoms with Gasteiger partial charge in [0, 0.05) is 31.8 Å². The van der Waals surface area contributed by atoms with Gasteiger partial charge in [-0.1, -0.05) is 38.1 Å². The number of aryl methyl sites for hydroxylation is 2. The number of hydrogen-bond acceptors (Lipinski definition) is 2. The highest BCUT2D eigenvalue weighted by Crippen LogP contribution is 2.42. The summed E-state index contributed by atoms with van der Waals surface area (Å²) in [5.41, 5.74) is 5.10. The summed E-state index contributed by atoms with van der Waals surface area (Å²) in [6.45, 7) is 5.94. The molecule has 0 saturated heterocycles. The Morgan fingerprint density at radius 2 is 1.83 bits per heavy atom. The molecule has 29 heavy (non-hydrogen) atoms. The number of hydrogen-bond donors (Lipinski definition) is 0. The van der Waals surface area contributed by atoms with E-state index < -0.39 is 6.37 Å². The standard InChI is InChI=1S/C26H25N2O/c1-16(2)14-18-11-13-28(4)22(15-18)23-17(3)19-8-5-6-9-20(19)24-21-10-7-12-27-26(21)29-25(23)24/h5-13,15-16H,14H2,1-4H3/q+1/i14D2. The van der Waals surface area contributed by atoms with E-state index in [4.69, 9.17) is 7.16 Å². The van der Waals surface area contributed by atoms with Crippen LogP contribution < -0.4 is 4.57 Å². The van der Waals surface area contributed by atoms with Crippen molar-refractivity contribution in [2.75, 3.05) is 0 Å². The van der Waals surface area contributed by atoms with Crippen LogP contribution in [0.3, 0.4) is 0 Å². The molecule has 0 N–H and O–H groups in total. The van der Waals surface area contributed by atoms with Crippen LogP contribution >= 0.6 is 0 Å². The van der Waals surface area contributed by atoms with Crippen LogP contribution in [0.15, 0.2) is 65.3 Å². The summed E-state index contributed by atoms with van der Waals surface area (Å²) < 4.78 is 25.6. The average molecular weight is 384 g/mol. The number of rotatable bonds is 3. The number of fused-ring (bicyclic) bond motifs is 5. The normalized spacial score (nSPS) is 13.4. The smallest absolute Gasteiger partial charge is 0.227 e. The van der Waals surface area contributed by atoms with E-state index in [2.05, 4.69) is 30.1 Å². The maximum absolute atomic E-state index is 8.61. The number of benzene rings is 2. The topological polar surface area (TPSA) is 29.9 Å². The molecular weight excluding hydrogens is 356 g/mol. The molecule has 0 fully saturated rings. The second-order valence-electron chi connectivity index (χ2n) is 7.92. The van der Waals surface area contributed by atoms with E-state index >= 15 is 0 Å². The van der Waals surface area contributed by atoms with Gasteiger partial charge in [0.15, 0.2) is 11.8 Å². The van der Waals surface area contributed by atoms with Crippen LogP contribution in [0.1, 0.15) is 27.7 Å². The zero-order valence-electron chi connectivity index (χ0n) is 19.2. The molecule has 3 heteroatoms. The van der Waals surface area contributed by atoms with Crippen LogP contribution in [0.5, 0.6) is 0 Å². The minimum atomic E-state index is -1.43. The van der Waals surface area contributed by atoms with Crippen LogP contribution in [-0.2, 0) is 13.4 Å². The monoisotopic (exact) mass is 383 g/mol. The van der Waals surface area contributed by atoms with Gasteiger partial charge in [-0.15, -0.1) is 0 Å². The first-order valence-corrected chi connectivity index (χ1v) is 9.99.